The van der Waals surface area contributed by atoms with Gasteiger partial charge in [-0.1, -0.05) is 0 Å². The Morgan fingerprint density at radius 2 is 1.44 bits per heavy atom. The summed E-state index contributed by atoms with van der Waals surface area (Å²) in [5.74, 6) is -1.86. The summed E-state index contributed by atoms with van der Waals surface area (Å²) in [6.07, 6.45) is 3.05. The summed E-state index contributed by atoms with van der Waals surface area (Å²) in [4.78, 5) is 42.1. The number of imide groups is 2. The third-order valence-electron chi connectivity index (χ3n) is 1.94. The molecule has 3 N–H and O–H groups in total. The number of rotatable bonds is 2. The Morgan fingerprint density at radius 1 is 1.00 bits per heavy atom. The maximum atomic E-state index is 10.7. The molecule has 1 unspecified atom stereocenters. The zero-order valence-electron chi connectivity index (χ0n) is 9.07. The quantitative estimate of drug-likeness (QED) is 0.465. The molecule has 96 valence electrons. The Balaban J connectivity index is 0.000000199. The van der Waals surface area contributed by atoms with Gasteiger partial charge in [-0.05, 0) is 0 Å². The molecule has 8 nitrogen and oxygen atoms in total. The van der Waals surface area contributed by atoms with Gasteiger partial charge in [-0.25, -0.2) is 4.90 Å². The van der Waals surface area contributed by atoms with Gasteiger partial charge in [0.2, 0.25) is 0 Å². The first-order valence-electron chi connectivity index (χ1n) is 4.83. The predicted octanol–water partition coefficient (Wildman–Crippen LogP) is -2.58. The standard InChI is InChI=1S/C6H7NO4.C4H3NO2/c8-3-6(11)7-4(9)1-2-5(7)10;6-3-1-2-4(7)5-3/h1-2,6,8,11H,3H2;1-2H,(H,5,6,7). The monoisotopic (exact) mass is 254 g/mol. The van der Waals surface area contributed by atoms with E-state index in [0.29, 0.717) is 4.90 Å². The highest BCUT2D eigenvalue weighted by Crippen LogP contribution is 2.06. The van der Waals surface area contributed by atoms with Crippen molar-refractivity contribution in [3.63, 3.8) is 0 Å². The predicted molar refractivity (Wildman–Crippen MR) is 56.4 cm³/mol. The van der Waals surface area contributed by atoms with E-state index in [2.05, 4.69) is 0 Å². The lowest BCUT2D eigenvalue weighted by atomic mass is 10.5. The van der Waals surface area contributed by atoms with Crippen LogP contribution in [0, 0.1) is 0 Å². The van der Waals surface area contributed by atoms with Gasteiger partial charge in [-0.3, -0.25) is 24.5 Å². The second-order valence-electron chi connectivity index (χ2n) is 3.23. The third-order valence-corrected chi connectivity index (χ3v) is 1.94. The number of aliphatic hydroxyl groups excluding tert-OH is 2. The van der Waals surface area contributed by atoms with E-state index in [0.717, 1.165) is 12.2 Å². The highest BCUT2D eigenvalue weighted by molar-refractivity contribution is 6.13. The minimum Gasteiger partial charge on any atom is -0.392 e. The number of nitrogens with one attached hydrogen (secondary N) is 1. The normalized spacial score (nSPS) is 18.9. The summed E-state index contributed by atoms with van der Waals surface area (Å²) >= 11 is 0. The molecule has 0 aromatic heterocycles. The van der Waals surface area contributed by atoms with Crippen LogP contribution in [0.5, 0.6) is 0 Å². The first-order valence-corrected chi connectivity index (χ1v) is 4.83. The molecule has 18 heavy (non-hydrogen) atoms. The summed E-state index contributed by atoms with van der Waals surface area (Å²) in [5, 5.41) is 19.3. The fourth-order valence-corrected chi connectivity index (χ4v) is 1.14. The van der Waals surface area contributed by atoms with Crippen molar-refractivity contribution in [2.45, 2.75) is 6.23 Å². The maximum absolute atomic E-state index is 10.7. The van der Waals surface area contributed by atoms with E-state index in [4.69, 9.17) is 10.2 Å². The number of amides is 4. The molecule has 0 saturated heterocycles. The molecule has 2 heterocycles. The first kappa shape index (κ1) is 13.7. The van der Waals surface area contributed by atoms with Gasteiger partial charge in [0.1, 0.15) is 0 Å². The highest BCUT2D eigenvalue weighted by Gasteiger charge is 2.28. The second-order valence-corrected chi connectivity index (χ2v) is 3.23. The van der Waals surface area contributed by atoms with Gasteiger partial charge in [0, 0.05) is 24.3 Å². The fourth-order valence-electron chi connectivity index (χ4n) is 1.14. The Kier molecular flexibility index (Phi) is 4.46. The molecule has 0 fully saturated rings. The van der Waals surface area contributed by atoms with Gasteiger partial charge in [-0.2, -0.15) is 0 Å². The zero-order chi connectivity index (χ0) is 13.7. The Hall–Kier alpha value is -2.32. The Labute approximate surface area is 101 Å². The average molecular weight is 254 g/mol. The molecular weight excluding hydrogens is 244 g/mol. The Bertz CT molecular complexity index is 419. The third kappa shape index (κ3) is 3.34. The molecule has 0 saturated carbocycles. The number of carbonyl (C=O) groups is 4. The van der Waals surface area contributed by atoms with Crippen LogP contribution in [0.1, 0.15) is 0 Å². The topological polar surface area (TPSA) is 124 Å². The van der Waals surface area contributed by atoms with Crippen LogP contribution < -0.4 is 5.32 Å². The Morgan fingerprint density at radius 3 is 1.72 bits per heavy atom. The number of hydrogen-bond acceptors (Lipinski definition) is 6. The van der Waals surface area contributed by atoms with Gasteiger partial charge in [-0.15, -0.1) is 0 Å². The van der Waals surface area contributed by atoms with Crippen molar-refractivity contribution in [1.29, 1.82) is 0 Å². The molecule has 8 heteroatoms. The number of hydrogen-bond donors (Lipinski definition) is 3. The molecule has 4 amide bonds. The van der Waals surface area contributed by atoms with Crippen molar-refractivity contribution in [2.75, 3.05) is 6.61 Å². The minimum absolute atomic E-state index is 0.329. The van der Waals surface area contributed by atoms with Crippen molar-refractivity contribution in [1.82, 2.24) is 10.2 Å². The molecule has 1 atom stereocenters. The molecule has 2 aliphatic heterocycles. The molecule has 0 aliphatic carbocycles. The van der Waals surface area contributed by atoms with E-state index in [9.17, 15) is 19.2 Å². The van der Waals surface area contributed by atoms with Crippen molar-refractivity contribution < 1.29 is 29.4 Å². The number of carbonyl (C=O) groups excluding carboxylic acids is 4. The second kappa shape index (κ2) is 5.84. The molecule has 0 radical (unpaired) electrons. The van der Waals surface area contributed by atoms with Crippen LogP contribution in [0.15, 0.2) is 24.3 Å². The molecule has 0 spiro atoms. The molecule has 2 aliphatic rings. The van der Waals surface area contributed by atoms with Gasteiger partial charge in [0.25, 0.3) is 23.6 Å². The smallest absolute Gasteiger partial charge is 0.255 e. The highest BCUT2D eigenvalue weighted by atomic mass is 16.3. The summed E-state index contributed by atoms with van der Waals surface area (Å²) in [6, 6.07) is 0. The summed E-state index contributed by atoms with van der Waals surface area (Å²) in [5.41, 5.74) is 0. The van der Waals surface area contributed by atoms with E-state index in [-0.39, 0.29) is 11.8 Å². The van der Waals surface area contributed by atoms with Gasteiger partial charge in [0.05, 0.1) is 6.61 Å². The largest absolute Gasteiger partial charge is 0.392 e. The molecule has 0 aromatic carbocycles. The van der Waals surface area contributed by atoms with Crippen LogP contribution in [-0.2, 0) is 19.2 Å². The lowest BCUT2D eigenvalue weighted by Gasteiger charge is -2.18. The SMILES string of the molecule is O=C1C=CC(=O)N1.O=C1C=CC(=O)N1C(O)CO. The van der Waals surface area contributed by atoms with E-state index in [1.54, 1.807) is 0 Å². The zero-order valence-corrected chi connectivity index (χ0v) is 9.07. The summed E-state index contributed by atoms with van der Waals surface area (Å²) in [6.45, 7) is -0.640. The molecule has 0 aromatic rings. The lowest BCUT2D eigenvalue weighted by molar-refractivity contribution is -0.150. The van der Waals surface area contributed by atoms with E-state index >= 15 is 0 Å². The van der Waals surface area contributed by atoms with Crippen LogP contribution in [-0.4, -0.2) is 51.6 Å². The summed E-state index contributed by atoms with van der Waals surface area (Å²) in [7, 11) is 0. The van der Waals surface area contributed by atoms with Gasteiger partial charge in [0.15, 0.2) is 6.23 Å². The molecular formula is C10H10N2O6. The van der Waals surface area contributed by atoms with Crippen molar-refractivity contribution in [3.8, 4) is 0 Å². The van der Waals surface area contributed by atoms with E-state index in [1.807, 2.05) is 5.32 Å². The van der Waals surface area contributed by atoms with E-state index in [1.165, 1.54) is 12.2 Å². The van der Waals surface area contributed by atoms with Crippen LogP contribution >= 0.6 is 0 Å². The molecule has 2 rings (SSSR count). The van der Waals surface area contributed by atoms with Crippen LogP contribution in [0.3, 0.4) is 0 Å². The van der Waals surface area contributed by atoms with E-state index < -0.39 is 24.6 Å². The van der Waals surface area contributed by atoms with Gasteiger partial charge < -0.3 is 10.2 Å². The van der Waals surface area contributed by atoms with Crippen LogP contribution in [0.4, 0.5) is 0 Å². The number of nitrogens with zero attached hydrogens (tertiary/aromatic N) is 1. The first-order chi connectivity index (χ1) is 8.45. The van der Waals surface area contributed by atoms with Crippen LogP contribution in [0.2, 0.25) is 0 Å². The molecule has 0 bridgehead atoms. The maximum Gasteiger partial charge on any atom is 0.255 e. The van der Waals surface area contributed by atoms with Crippen molar-refractivity contribution in [2.24, 2.45) is 0 Å². The lowest BCUT2D eigenvalue weighted by Crippen LogP contribution is -2.41. The van der Waals surface area contributed by atoms with Crippen LogP contribution in [0.25, 0.3) is 0 Å². The number of aliphatic hydroxyl groups is 2. The average Bonchev–Trinajstić information content (AvgIpc) is 2.85. The fraction of sp³-hybridized carbons (Fsp3) is 0.200. The van der Waals surface area contributed by atoms with Gasteiger partial charge >= 0.3 is 0 Å². The summed E-state index contributed by atoms with van der Waals surface area (Å²) < 4.78 is 0. The van der Waals surface area contributed by atoms with Crippen molar-refractivity contribution in [3.05, 3.63) is 24.3 Å². The van der Waals surface area contributed by atoms with Crippen molar-refractivity contribution >= 4 is 23.6 Å². The minimum atomic E-state index is -1.43.